The van der Waals surface area contributed by atoms with E-state index in [1.807, 2.05) is 0 Å². The predicted octanol–water partition coefficient (Wildman–Crippen LogP) is 4.08. The molecular formula is C18H27NO2. The standard InChI is InChI=1S/C18H27NO2/c1-21-18(20)9-5-8-17(19)16-12-10-15(11-13-16)14-6-3-2-4-7-14/h10-14,17H,2-9,19H2,1H3. The van der Waals surface area contributed by atoms with Crippen LogP contribution in [-0.2, 0) is 9.53 Å². The molecule has 3 nitrogen and oxygen atoms in total. The lowest BCUT2D eigenvalue weighted by Gasteiger charge is -2.22. The van der Waals surface area contributed by atoms with Crippen LogP contribution in [-0.4, -0.2) is 13.1 Å². The zero-order valence-corrected chi connectivity index (χ0v) is 13.0. The van der Waals surface area contributed by atoms with Crippen molar-refractivity contribution in [1.29, 1.82) is 0 Å². The highest BCUT2D eigenvalue weighted by Crippen LogP contribution is 2.33. The van der Waals surface area contributed by atoms with Gasteiger partial charge < -0.3 is 10.5 Å². The molecule has 0 spiro atoms. The smallest absolute Gasteiger partial charge is 0.305 e. The molecule has 0 saturated heterocycles. The Hall–Kier alpha value is -1.35. The van der Waals surface area contributed by atoms with Gasteiger partial charge >= 0.3 is 5.97 Å². The lowest BCUT2D eigenvalue weighted by molar-refractivity contribution is -0.140. The van der Waals surface area contributed by atoms with Gasteiger partial charge in [0.1, 0.15) is 0 Å². The van der Waals surface area contributed by atoms with Crippen molar-refractivity contribution < 1.29 is 9.53 Å². The molecule has 1 aliphatic carbocycles. The Labute approximate surface area is 127 Å². The number of carbonyl (C=O) groups is 1. The molecule has 1 aliphatic rings. The number of ether oxygens (including phenoxy) is 1. The topological polar surface area (TPSA) is 52.3 Å². The molecule has 0 heterocycles. The molecule has 1 saturated carbocycles. The predicted molar refractivity (Wildman–Crippen MR) is 85.1 cm³/mol. The van der Waals surface area contributed by atoms with Gasteiger partial charge in [0.15, 0.2) is 0 Å². The molecule has 1 atom stereocenters. The maximum atomic E-state index is 11.1. The van der Waals surface area contributed by atoms with E-state index in [9.17, 15) is 4.79 Å². The first-order chi connectivity index (χ1) is 10.2. The van der Waals surface area contributed by atoms with Gasteiger partial charge in [-0.05, 0) is 42.7 Å². The third kappa shape index (κ3) is 4.85. The summed E-state index contributed by atoms with van der Waals surface area (Å²) < 4.78 is 4.64. The van der Waals surface area contributed by atoms with E-state index in [0.29, 0.717) is 6.42 Å². The maximum absolute atomic E-state index is 11.1. The van der Waals surface area contributed by atoms with E-state index in [2.05, 4.69) is 29.0 Å². The van der Waals surface area contributed by atoms with E-state index in [0.717, 1.165) is 18.8 Å². The van der Waals surface area contributed by atoms with Crippen LogP contribution in [0.15, 0.2) is 24.3 Å². The van der Waals surface area contributed by atoms with E-state index < -0.39 is 0 Å². The highest BCUT2D eigenvalue weighted by molar-refractivity contribution is 5.68. The lowest BCUT2D eigenvalue weighted by Crippen LogP contribution is -2.12. The molecular weight excluding hydrogens is 262 g/mol. The van der Waals surface area contributed by atoms with Crippen LogP contribution in [0.2, 0.25) is 0 Å². The second-order valence-corrected chi connectivity index (χ2v) is 6.08. The molecule has 1 unspecified atom stereocenters. The minimum absolute atomic E-state index is 0.00932. The monoisotopic (exact) mass is 289 g/mol. The zero-order valence-electron chi connectivity index (χ0n) is 13.0. The number of benzene rings is 1. The first-order valence-electron chi connectivity index (χ1n) is 8.13. The molecule has 3 heteroatoms. The van der Waals surface area contributed by atoms with Gasteiger partial charge in [-0.15, -0.1) is 0 Å². The third-order valence-electron chi connectivity index (χ3n) is 4.56. The van der Waals surface area contributed by atoms with Crippen molar-refractivity contribution in [2.24, 2.45) is 5.73 Å². The molecule has 1 fully saturated rings. The van der Waals surface area contributed by atoms with Crippen LogP contribution in [0, 0.1) is 0 Å². The fourth-order valence-electron chi connectivity index (χ4n) is 3.19. The van der Waals surface area contributed by atoms with Crippen molar-refractivity contribution in [2.75, 3.05) is 7.11 Å². The Balaban J connectivity index is 1.84. The van der Waals surface area contributed by atoms with Crippen LogP contribution in [0.5, 0.6) is 0 Å². The van der Waals surface area contributed by atoms with E-state index in [-0.39, 0.29) is 12.0 Å². The molecule has 1 aromatic carbocycles. The zero-order chi connectivity index (χ0) is 15.1. The third-order valence-corrected chi connectivity index (χ3v) is 4.56. The van der Waals surface area contributed by atoms with Gasteiger partial charge in [0, 0.05) is 12.5 Å². The van der Waals surface area contributed by atoms with Gasteiger partial charge in [0.05, 0.1) is 7.11 Å². The van der Waals surface area contributed by atoms with Gasteiger partial charge in [-0.1, -0.05) is 43.5 Å². The molecule has 2 N–H and O–H groups in total. The summed E-state index contributed by atoms with van der Waals surface area (Å²) in [5.74, 6) is 0.582. The number of rotatable bonds is 6. The van der Waals surface area contributed by atoms with Crippen LogP contribution >= 0.6 is 0 Å². The number of carbonyl (C=O) groups excluding carboxylic acids is 1. The number of hydrogen-bond acceptors (Lipinski definition) is 3. The van der Waals surface area contributed by atoms with Crippen LogP contribution < -0.4 is 5.73 Å². The van der Waals surface area contributed by atoms with Gasteiger partial charge in [-0.25, -0.2) is 0 Å². The van der Waals surface area contributed by atoms with E-state index in [1.165, 1.54) is 50.3 Å². The largest absolute Gasteiger partial charge is 0.469 e. The van der Waals surface area contributed by atoms with Crippen molar-refractivity contribution in [1.82, 2.24) is 0 Å². The van der Waals surface area contributed by atoms with Crippen LogP contribution in [0.1, 0.15) is 74.5 Å². The van der Waals surface area contributed by atoms with Crippen molar-refractivity contribution in [3.05, 3.63) is 35.4 Å². The Morgan fingerprint density at radius 2 is 1.90 bits per heavy atom. The first-order valence-corrected chi connectivity index (χ1v) is 8.13. The quantitative estimate of drug-likeness (QED) is 0.803. The normalized spacial score (nSPS) is 17.4. The maximum Gasteiger partial charge on any atom is 0.305 e. The summed E-state index contributed by atoms with van der Waals surface area (Å²) in [5.41, 5.74) is 8.82. The van der Waals surface area contributed by atoms with Gasteiger partial charge in [-0.3, -0.25) is 4.79 Å². The minimum Gasteiger partial charge on any atom is -0.469 e. The fraction of sp³-hybridized carbons (Fsp3) is 0.611. The Morgan fingerprint density at radius 1 is 1.24 bits per heavy atom. The lowest BCUT2D eigenvalue weighted by atomic mass is 9.83. The number of hydrogen-bond donors (Lipinski definition) is 1. The number of esters is 1. The molecule has 0 amide bonds. The summed E-state index contributed by atoms with van der Waals surface area (Å²) in [5, 5.41) is 0. The molecule has 116 valence electrons. The summed E-state index contributed by atoms with van der Waals surface area (Å²) in [6, 6.07) is 8.81. The number of methoxy groups -OCH3 is 1. The molecule has 0 bridgehead atoms. The van der Waals surface area contributed by atoms with Crippen molar-refractivity contribution in [3.8, 4) is 0 Å². The fourth-order valence-corrected chi connectivity index (χ4v) is 3.19. The molecule has 1 aromatic rings. The summed E-state index contributed by atoms with van der Waals surface area (Å²) in [6.07, 6.45) is 8.80. The van der Waals surface area contributed by atoms with Gasteiger partial charge in [0.25, 0.3) is 0 Å². The summed E-state index contributed by atoms with van der Waals surface area (Å²) in [4.78, 5) is 11.1. The van der Waals surface area contributed by atoms with Crippen LogP contribution in [0.3, 0.4) is 0 Å². The molecule has 0 aliphatic heterocycles. The van der Waals surface area contributed by atoms with E-state index in [1.54, 1.807) is 0 Å². The Bertz CT molecular complexity index is 435. The minimum atomic E-state index is -0.158. The molecule has 0 aromatic heterocycles. The van der Waals surface area contributed by atoms with Crippen molar-refractivity contribution in [3.63, 3.8) is 0 Å². The Kier molecular flexibility index (Phi) is 6.24. The van der Waals surface area contributed by atoms with Gasteiger partial charge in [0.2, 0.25) is 0 Å². The van der Waals surface area contributed by atoms with E-state index >= 15 is 0 Å². The van der Waals surface area contributed by atoms with Crippen LogP contribution in [0.4, 0.5) is 0 Å². The highest BCUT2D eigenvalue weighted by Gasteiger charge is 2.15. The molecule has 0 radical (unpaired) electrons. The average molecular weight is 289 g/mol. The second-order valence-electron chi connectivity index (χ2n) is 6.08. The van der Waals surface area contributed by atoms with Crippen molar-refractivity contribution >= 4 is 5.97 Å². The first kappa shape index (κ1) is 16.0. The molecule has 2 rings (SSSR count). The summed E-state index contributed by atoms with van der Waals surface area (Å²) in [7, 11) is 1.42. The SMILES string of the molecule is COC(=O)CCCC(N)c1ccc(C2CCCCC2)cc1. The van der Waals surface area contributed by atoms with Gasteiger partial charge in [-0.2, -0.15) is 0 Å². The highest BCUT2D eigenvalue weighted by atomic mass is 16.5. The average Bonchev–Trinajstić information content (AvgIpc) is 2.55. The summed E-state index contributed by atoms with van der Waals surface area (Å²) in [6.45, 7) is 0. The van der Waals surface area contributed by atoms with Crippen molar-refractivity contribution in [2.45, 2.75) is 63.3 Å². The van der Waals surface area contributed by atoms with E-state index in [4.69, 9.17) is 5.73 Å². The molecule has 21 heavy (non-hydrogen) atoms. The number of nitrogens with two attached hydrogens (primary N) is 1. The second kappa shape index (κ2) is 8.18. The summed E-state index contributed by atoms with van der Waals surface area (Å²) >= 11 is 0. The Morgan fingerprint density at radius 3 is 2.52 bits per heavy atom. The van der Waals surface area contributed by atoms with Crippen LogP contribution in [0.25, 0.3) is 0 Å².